The number of fused-ring (bicyclic) bond motifs is 1. The van der Waals surface area contributed by atoms with Crippen molar-refractivity contribution in [2.45, 2.75) is 51.6 Å². The van der Waals surface area contributed by atoms with E-state index in [-0.39, 0.29) is 30.5 Å². The van der Waals surface area contributed by atoms with E-state index in [2.05, 4.69) is 19.9 Å². The highest BCUT2D eigenvalue weighted by molar-refractivity contribution is 6.07. The average Bonchev–Trinajstić information content (AvgIpc) is 3.16. The Morgan fingerprint density at radius 2 is 1.69 bits per heavy atom. The molecule has 2 heterocycles. The first-order chi connectivity index (χ1) is 14.0. The third kappa shape index (κ3) is 4.00. The molecule has 0 saturated carbocycles. The number of carbonyl (C=O) groups excluding carboxylic acids is 2. The van der Waals surface area contributed by atoms with Crippen LogP contribution in [0.4, 0.5) is 5.69 Å². The quantitative estimate of drug-likeness (QED) is 0.788. The third-order valence-electron chi connectivity index (χ3n) is 6.08. The molecule has 5 nitrogen and oxygen atoms in total. The molecule has 0 aromatic heterocycles. The van der Waals surface area contributed by atoms with Crippen molar-refractivity contribution in [3.8, 4) is 5.75 Å². The number of nitrogens with zero attached hydrogens (tertiary/aromatic N) is 2. The number of hydrogen-bond acceptors (Lipinski definition) is 3. The molecule has 0 radical (unpaired) electrons. The number of rotatable bonds is 4. The summed E-state index contributed by atoms with van der Waals surface area (Å²) in [4.78, 5) is 29.3. The summed E-state index contributed by atoms with van der Waals surface area (Å²) in [7, 11) is 0. The number of benzene rings is 2. The number of ether oxygens (including phenoxy) is 1. The van der Waals surface area contributed by atoms with Crippen molar-refractivity contribution in [1.29, 1.82) is 0 Å². The Morgan fingerprint density at radius 3 is 2.41 bits per heavy atom. The van der Waals surface area contributed by atoms with Crippen molar-refractivity contribution >= 4 is 17.5 Å². The Labute approximate surface area is 172 Å². The number of anilines is 1. The van der Waals surface area contributed by atoms with Crippen molar-refractivity contribution < 1.29 is 14.3 Å². The highest BCUT2D eigenvalue weighted by Gasteiger charge is 2.29. The molecule has 2 aromatic rings. The van der Waals surface area contributed by atoms with Crippen LogP contribution in [-0.2, 0) is 11.2 Å². The normalized spacial score (nSPS) is 21.0. The first-order valence-electron chi connectivity index (χ1n) is 10.5. The molecule has 2 atom stereocenters. The van der Waals surface area contributed by atoms with Gasteiger partial charge in [0.05, 0.1) is 0 Å². The molecule has 2 amide bonds. The lowest BCUT2D eigenvalue weighted by atomic mass is 9.97. The second-order valence-electron chi connectivity index (χ2n) is 8.08. The van der Waals surface area contributed by atoms with Crippen LogP contribution in [0.15, 0.2) is 48.5 Å². The largest absolute Gasteiger partial charge is 0.484 e. The zero-order valence-corrected chi connectivity index (χ0v) is 17.1. The van der Waals surface area contributed by atoms with Crippen molar-refractivity contribution in [3.63, 3.8) is 0 Å². The summed E-state index contributed by atoms with van der Waals surface area (Å²) in [5.74, 6) is 0.626. The van der Waals surface area contributed by atoms with Crippen LogP contribution in [0.25, 0.3) is 0 Å². The van der Waals surface area contributed by atoms with Crippen LogP contribution >= 0.6 is 0 Å². The van der Waals surface area contributed by atoms with Crippen molar-refractivity contribution in [1.82, 2.24) is 4.90 Å². The molecule has 2 aromatic carbocycles. The monoisotopic (exact) mass is 392 g/mol. The van der Waals surface area contributed by atoms with E-state index in [9.17, 15) is 9.59 Å². The molecule has 2 aliphatic rings. The minimum absolute atomic E-state index is 0.00598. The van der Waals surface area contributed by atoms with Gasteiger partial charge in [0.15, 0.2) is 6.61 Å². The van der Waals surface area contributed by atoms with Gasteiger partial charge in [-0.15, -0.1) is 0 Å². The fraction of sp³-hybridized carbons (Fsp3) is 0.417. The van der Waals surface area contributed by atoms with Gasteiger partial charge in [0.2, 0.25) is 0 Å². The zero-order valence-electron chi connectivity index (χ0n) is 17.1. The van der Waals surface area contributed by atoms with E-state index < -0.39 is 0 Å². The molecule has 5 heteroatoms. The van der Waals surface area contributed by atoms with E-state index >= 15 is 0 Å². The van der Waals surface area contributed by atoms with Crippen LogP contribution in [0.3, 0.4) is 0 Å². The number of likely N-dealkylation sites (tertiary alicyclic amines) is 1. The SMILES string of the molecule is CC1CCCC(C)N1C(=O)COc1ccc(C(=O)N2CCc3ccccc32)cc1. The lowest BCUT2D eigenvalue weighted by molar-refractivity contribution is -0.139. The lowest BCUT2D eigenvalue weighted by Crippen LogP contribution is -2.49. The molecule has 4 rings (SSSR count). The van der Waals surface area contributed by atoms with Gasteiger partial charge in [-0.05, 0) is 75.4 Å². The standard InChI is InChI=1S/C24H28N2O3/c1-17-6-5-7-18(2)26(17)23(27)16-29-21-12-10-20(11-13-21)24(28)25-15-14-19-8-3-4-9-22(19)25/h3-4,8-13,17-18H,5-7,14-16H2,1-2H3. The number of piperidine rings is 1. The summed E-state index contributed by atoms with van der Waals surface area (Å²) in [5.41, 5.74) is 2.83. The number of hydrogen-bond donors (Lipinski definition) is 0. The molecular formula is C24H28N2O3. The van der Waals surface area contributed by atoms with Gasteiger partial charge in [-0.25, -0.2) is 0 Å². The van der Waals surface area contributed by atoms with Crippen molar-refractivity contribution in [3.05, 3.63) is 59.7 Å². The van der Waals surface area contributed by atoms with Gasteiger partial charge in [0, 0.05) is 29.9 Å². The predicted molar refractivity (Wildman–Crippen MR) is 113 cm³/mol. The first kappa shape index (κ1) is 19.5. The minimum atomic E-state index is -0.00598. The maximum atomic E-state index is 12.9. The molecule has 0 spiro atoms. The molecule has 0 bridgehead atoms. The Balaban J connectivity index is 1.37. The summed E-state index contributed by atoms with van der Waals surface area (Å²) >= 11 is 0. The number of carbonyl (C=O) groups is 2. The topological polar surface area (TPSA) is 49.9 Å². The minimum Gasteiger partial charge on any atom is -0.484 e. The Hall–Kier alpha value is -2.82. The van der Waals surface area contributed by atoms with Gasteiger partial charge in [0.25, 0.3) is 11.8 Å². The van der Waals surface area contributed by atoms with Crippen LogP contribution < -0.4 is 9.64 Å². The van der Waals surface area contributed by atoms with E-state index in [1.54, 1.807) is 24.3 Å². The molecule has 29 heavy (non-hydrogen) atoms. The molecule has 0 aliphatic carbocycles. The van der Waals surface area contributed by atoms with E-state index in [1.165, 1.54) is 12.0 Å². The molecule has 1 saturated heterocycles. The Bertz CT molecular complexity index is 883. The predicted octanol–water partition coefficient (Wildman–Crippen LogP) is 4.06. The van der Waals surface area contributed by atoms with Crippen LogP contribution in [0.1, 0.15) is 49.0 Å². The fourth-order valence-corrected chi connectivity index (χ4v) is 4.53. The lowest BCUT2D eigenvalue weighted by Gasteiger charge is -2.38. The summed E-state index contributed by atoms with van der Waals surface area (Å²) in [6.07, 6.45) is 4.15. The van der Waals surface area contributed by atoms with E-state index in [0.717, 1.165) is 24.9 Å². The summed E-state index contributed by atoms with van der Waals surface area (Å²) < 4.78 is 5.72. The zero-order chi connectivity index (χ0) is 20.4. The van der Waals surface area contributed by atoms with Gasteiger partial charge in [0.1, 0.15) is 5.75 Å². The van der Waals surface area contributed by atoms with Gasteiger partial charge >= 0.3 is 0 Å². The van der Waals surface area contributed by atoms with E-state index in [0.29, 0.717) is 17.9 Å². The smallest absolute Gasteiger partial charge is 0.260 e. The molecular weight excluding hydrogens is 364 g/mol. The summed E-state index contributed by atoms with van der Waals surface area (Å²) in [5, 5.41) is 0. The Kier molecular flexibility index (Phi) is 5.56. The van der Waals surface area contributed by atoms with Crippen molar-refractivity contribution in [2.75, 3.05) is 18.1 Å². The molecule has 1 fully saturated rings. The average molecular weight is 392 g/mol. The number of amides is 2. The highest BCUT2D eigenvalue weighted by atomic mass is 16.5. The summed E-state index contributed by atoms with van der Waals surface area (Å²) in [6.45, 7) is 4.94. The van der Waals surface area contributed by atoms with Gasteiger partial charge < -0.3 is 14.5 Å². The molecule has 2 aliphatic heterocycles. The number of para-hydroxylation sites is 1. The van der Waals surface area contributed by atoms with Crippen molar-refractivity contribution in [2.24, 2.45) is 0 Å². The second kappa shape index (κ2) is 8.27. The fourth-order valence-electron chi connectivity index (χ4n) is 4.53. The first-order valence-corrected chi connectivity index (χ1v) is 10.5. The second-order valence-corrected chi connectivity index (χ2v) is 8.08. The van der Waals surface area contributed by atoms with Crippen LogP contribution in [-0.4, -0.2) is 41.9 Å². The van der Waals surface area contributed by atoms with Gasteiger partial charge in [-0.1, -0.05) is 18.2 Å². The summed E-state index contributed by atoms with van der Waals surface area (Å²) in [6, 6.07) is 15.6. The maximum Gasteiger partial charge on any atom is 0.260 e. The van der Waals surface area contributed by atoms with Gasteiger partial charge in [-0.3, -0.25) is 9.59 Å². The molecule has 0 N–H and O–H groups in total. The third-order valence-corrected chi connectivity index (χ3v) is 6.08. The van der Waals surface area contributed by atoms with E-state index in [4.69, 9.17) is 4.74 Å². The van der Waals surface area contributed by atoms with E-state index in [1.807, 2.05) is 28.0 Å². The van der Waals surface area contributed by atoms with Gasteiger partial charge in [-0.2, -0.15) is 0 Å². The molecule has 152 valence electrons. The molecule has 2 unspecified atom stereocenters. The van der Waals surface area contributed by atoms with Crippen LogP contribution in [0.2, 0.25) is 0 Å². The van der Waals surface area contributed by atoms with Crippen LogP contribution in [0, 0.1) is 0 Å². The van der Waals surface area contributed by atoms with Crippen LogP contribution in [0.5, 0.6) is 5.75 Å². The maximum absolute atomic E-state index is 12.9. The highest BCUT2D eigenvalue weighted by Crippen LogP contribution is 2.29. The Morgan fingerprint density at radius 1 is 1.00 bits per heavy atom.